The van der Waals surface area contributed by atoms with Crippen molar-refractivity contribution in [1.82, 2.24) is 0 Å². The molecule has 2 saturated heterocycles. The Bertz CT molecular complexity index is 1440. The number of aliphatic hydroxyl groups excluding tert-OH is 9. The molecule has 0 bridgehead atoms. The van der Waals surface area contributed by atoms with E-state index in [0.717, 1.165) is 32.1 Å². The molecule has 0 radical (unpaired) electrons. The molecule has 20 atom stereocenters. The maximum Gasteiger partial charge on any atom is 0.187 e. The van der Waals surface area contributed by atoms with Gasteiger partial charge in [0.05, 0.1) is 44.4 Å². The molecule has 14 nitrogen and oxygen atoms in total. The highest BCUT2D eigenvalue weighted by atomic mass is 16.7. The third-order valence-electron chi connectivity index (χ3n) is 16.8. The molecule has 0 unspecified atom stereocenters. The minimum absolute atomic E-state index is 0.00138. The number of ether oxygens (including phenoxy) is 5. The molecular weight excluding hydrogens is 716 g/mol. The van der Waals surface area contributed by atoms with Gasteiger partial charge in [0.1, 0.15) is 48.8 Å². The molecule has 3 aliphatic heterocycles. The van der Waals surface area contributed by atoms with E-state index in [4.69, 9.17) is 23.7 Å². The Morgan fingerprint density at radius 2 is 1.42 bits per heavy atom. The van der Waals surface area contributed by atoms with Crippen molar-refractivity contribution < 1.29 is 69.6 Å². The molecule has 55 heavy (non-hydrogen) atoms. The van der Waals surface area contributed by atoms with E-state index in [9.17, 15) is 46.0 Å². The third-order valence-corrected chi connectivity index (χ3v) is 16.8. The van der Waals surface area contributed by atoms with Crippen molar-refractivity contribution in [2.45, 2.75) is 180 Å². The largest absolute Gasteiger partial charge is 0.497 e. The summed E-state index contributed by atoms with van der Waals surface area (Å²) in [5.74, 6) is -0.0644. The minimum atomic E-state index is -1.74. The molecule has 9 N–H and O–H groups in total. The summed E-state index contributed by atoms with van der Waals surface area (Å²) in [6.45, 7) is 14.1. The predicted molar refractivity (Wildman–Crippen MR) is 196 cm³/mol. The van der Waals surface area contributed by atoms with Crippen molar-refractivity contribution in [2.24, 2.45) is 44.3 Å². The SMILES string of the molecule is C[C@H]1O[C@@H](O[C@H]2CC[C@@]3(C)[C@@H](CC[C@]4(C)[C@@H]3OC=C3[C@@H]5CC(C)(C)CC[C@]5(CO)[C@@H](O)C[C@]34C)[C@]2(C)CO)[C@H](O)[C@@H](O[C@@H]2O[C@H](CO)[C@@H](O)[C@H](O)[C@H]2O)[C@H]1O. The second-order valence-electron chi connectivity index (χ2n) is 20.3. The van der Waals surface area contributed by atoms with Gasteiger partial charge in [0.25, 0.3) is 0 Å². The lowest BCUT2D eigenvalue weighted by Gasteiger charge is -2.71. The summed E-state index contributed by atoms with van der Waals surface area (Å²) in [6.07, 6.45) is -8.05. The summed E-state index contributed by atoms with van der Waals surface area (Å²) in [5.41, 5.74) is -1.23. The normalized spacial score (nSPS) is 56.2. The fraction of sp³-hybridized carbons (Fsp3) is 0.951. The van der Waals surface area contributed by atoms with Gasteiger partial charge in [0.2, 0.25) is 0 Å². The highest BCUT2D eigenvalue weighted by Gasteiger charge is 2.72. The van der Waals surface area contributed by atoms with Crippen LogP contribution in [0.5, 0.6) is 0 Å². The number of fused-ring (bicyclic) bond motifs is 7. The van der Waals surface area contributed by atoms with Crippen LogP contribution in [0.2, 0.25) is 0 Å². The van der Waals surface area contributed by atoms with E-state index in [2.05, 4.69) is 34.6 Å². The summed E-state index contributed by atoms with van der Waals surface area (Å²) in [5, 5.41) is 97.5. The molecule has 6 fully saturated rings. The van der Waals surface area contributed by atoms with Crippen LogP contribution in [0.25, 0.3) is 0 Å². The van der Waals surface area contributed by atoms with Gasteiger partial charge in [0.15, 0.2) is 12.6 Å². The Kier molecular flexibility index (Phi) is 11.0. The highest BCUT2D eigenvalue weighted by Crippen LogP contribution is 2.73. The molecule has 0 aromatic heterocycles. The van der Waals surface area contributed by atoms with Crippen molar-refractivity contribution in [2.75, 3.05) is 19.8 Å². The number of rotatable bonds is 7. The molecule has 14 heteroatoms. The lowest BCUT2D eigenvalue weighted by Crippen LogP contribution is -2.70. The molecule has 0 aromatic rings. The third kappa shape index (κ3) is 6.13. The van der Waals surface area contributed by atoms with Crippen LogP contribution in [0.4, 0.5) is 0 Å². The van der Waals surface area contributed by atoms with E-state index in [1.165, 1.54) is 5.57 Å². The van der Waals surface area contributed by atoms with E-state index in [1.54, 1.807) is 6.92 Å². The molecule has 0 aromatic carbocycles. The minimum Gasteiger partial charge on any atom is -0.497 e. The van der Waals surface area contributed by atoms with Crippen molar-refractivity contribution >= 4 is 0 Å². The average molecular weight is 785 g/mol. The zero-order valence-electron chi connectivity index (χ0n) is 33.6. The fourth-order valence-electron chi connectivity index (χ4n) is 13.0. The first-order valence-corrected chi connectivity index (χ1v) is 20.6. The number of hydrogen-bond donors (Lipinski definition) is 9. The Morgan fingerprint density at radius 1 is 0.727 bits per heavy atom. The molecule has 4 saturated carbocycles. The second-order valence-corrected chi connectivity index (χ2v) is 20.3. The number of hydrogen-bond acceptors (Lipinski definition) is 14. The lowest BCUT2D eigenvalue weighted by molar-refractivity contribution is -0.368. The van der Waals surface area contributed by atoms with E-state index in [0.29, 0.717) is 19.3 Å². The Hall–Kier alpha value is -0.980. The molecule has 0 spiro atoms. The van der Waals surface area contributed by atoms with Gasteiger partial charge in [-0.1, -0.05) is 41.5 Å². The quantitative estimate of drug-likeness (QED) is 0.165. The topological polar surface area (TPSA) is 228 Å². The summed E-state index contributed by atoms with van der Waals surface area (Å²) in [7, 11) is 0. The molecule has 0 amide bonds. The molecular formula is C41H68O14. The van der Waals surface area contributed by atoms with E-state index < -0.39 is 96.5 Å². The molecule has 3 heterocycles. The van der Waals surface area contributed by atoms with Gasteiger partial charge in [0, 0.05) is 27.1 Å². The van der Waals surface area contributed by atoms with Crippen LogP contribution < -0.4 is 0 Å². The van der Waals surface area contributed by atoms with Crippen molar-refractivity contribution in [1.29, 1.82) is 0 Å². The number of aliphatic hydroxyl groups is 9. The molecule has 4 aliphatic carbocycles. The summed E-state index contributed by atoms with van der Waals surface area (Å²) < 4.78 is 31.0. The van der Waals surface area contributed by atoms with E-state index in [-0.39, 0.29) is 47.4 Å². The monoisotopic (exact) mass is 784 g/mol. The Balaban J connectivity index is 1.13. The Labute approximate surface area is 324 Å². The van der Waals surface area contributed by atoms with Gasteiger partial charge in [-0.15, -0.1) is 0 Å². The maximum atomic E-state index is 12.0. The van der Waals surface area contributed by atoms with E-state index in [1.807, 2.05) is 13.2 Å². The van der Waals surface area contributed by atoms with Crippen LogP contribution in [0.15, 0.2) is 11.8 Å². The van der Waals surface area contributed by atoms with Gasteiger partial charge in [-0.3, -0.25) is 0 Å². The molecule has 316 valence electrons. The van der Waals surface area contributed by atoms with Crippen molar-refractivity contribution in [3.05, 3.63) is 11.8 Å². The van der Waals surface area contributed by atoms with E-state index >= 15 is 0 Å². The van der Waals surface area contributed by atoms with Gasteiger partial charge in [-0.2, -0.15) is 0 Å². The van der Waals surface area contributed by atoms with Crippen LogP contribution >= 0.6 is 0 Å². The summed E-state index contributed by atoms with van der Waals surface area (Å²) in [4.78, 5) is 0. The first kappa shape index (κ1) is 42.2. The average Bonchev–Trinajstić information content (AvgIpc) is 3.13. The van der Waals surface area contributed by atoms with Crippen LogP contribution in [0, 0.1) is 44.3 Å². The van der Waals surface area contributed by atoms with Crippen molar-refractivity contribution in [3.8, 4) is 0 Å². The van der Waals surface area contributed by atoms with Gasteiger partial charge < -0.3 is 69.6 Å². The zero-order chi connectivity index (χ0) is 40.3. The summed E-state index contributed by atoms with van der Waals surface area (Å²) >= 11 is 0. The number of allylic oxidation sites excluding steroid dienone is 1. The van der Waals surface area contributed by atoms with Crippen LogP contribution in [-0.2, 0) is 23.7 Å². The molecule has 7 rings (SSSR count). The van der Waals surface area contributed by atoms with Gasteiger partial charge in [-0.25, -0.2) is 0 Å². The Morgan fingerprint density at radius 3 is 2.07 bits per heavy atom. The van der Waals surface area contributed by atoms with Crippen LogP contribution in [0.1, 0.15) is 99.8 Å². The second kappa shape index (κ2) is 14.3. The first-order chi connectivity index (χ1) is 25.7. The smallest absolute Gasteiger partial charge is 0.187 e. The molecule has 7 aliphatic rings. The van der Waals surface area contributed by atoms with Gasteiger partial charge in [-0.05, 0) is 81.1 Å². The lowest BCUT2D eigenvalue weighted by atomic mass is 9.36. The zero-order valence-corrected chi connectivity index (χ0v) is 33.6. The highest BCUT2D eigenvalue weighted by molar-refractivity contribution is 5.34. The fourth-order valence-corrected chi connectivity index (χ4v) is 13.0. The predicted octanol–water partition coefficient (Wildman–Crippen LogP) is 1.10. The standard InChI is InChI=1S/C41H68O14/c1-20-27(46)32(55-33-30(49)29(48)28(47)23(16-42)53-33)31(50)34(52-20)54-26-9-10-37(4)24(38(26,5)18-43)8-11-39(6)35(37)51-17-22-21-14-36(2,3)12-13-41(21,19-44)25(45)15-40(22,39)7/h17,20-21,23-35,42-50H,8-16,18-19H2,1-7H3/t20-,21+,23-,24-,25+,26+,27+,28-,29+,30-,31-,32+,33+,34+,35-,37+,38+,39-,40-,41-/m1/s1. The van der Waals surface area contributed by atoms with Crippen molar-refractivity contribution in [3.63, 3.8) is 0 Å². The maximum absolute atomic E-state index is 12.0. The first-order valence-electron chi connectivity index (χ1n) is 20.6. The van der Waals surface area contributed by atoms with Gasteiger partial charge >= 0.3 is 0 Å². The van der Waals surface area contributed by atoms with Crippen LogP contribution in [-0.4, -0.2) is 146 Å². The van der Waals surface area contributed by atoms with Crippen LogP contribution in [0.3, 0.4) is 0 Å². The summed E-state index contributed by atoms with van der Waals surface area (Å²) in [6, 6.07) is 0.